The minimum absolute atomic E-state index is 0.474. The maximum Gasteiger partial charge on any atom is 0.0243 e. The van der Waals surface area contributed by atoms with Gasteiger partial charge in [0, 0.05) is 19.1 Å². The molecule has 2 aliphatic carbocycles. The molecule has 2 saturated carbocycles. The standard InChI is InChI=1S/C15H28N2/c1-14(2)6-3-9-17-13(14)10-16-11-15(7-8-15)12-4-5-12/h12-13,16-17H,3-11H2,1-2H3. The monoisotopic (exact) mass is 236 g/mol. The van der Waals surface area contributed by atoms with Crippen LogP contribution in [0.1, 0.15) is 52.4 Å². The van der Waals surface area contributed by atoms with E-state index in [0.717, 1.165) is 11.3 Å². The lowest BCUT2D eigenvalue weighted by molar-refractivity contribution is 0.173. The lowest BCUT2D eigenvalue weighted by Crippen LogP contribution is -2.52. The summed E-state index contributed by atoms with van der Waals surface area (Å²) in [7, 11) is 0. The van der Waals surface area contributed by atoms with Crippen LogP contribution in [0.5, 0.6) is 0 Å². The van der Waals surface area contributed by atoms with Crippen molar-refractivity contribution in [2.24, 2.45) is 16.7 Å². The van der Waals surface area contributed by atoms with Gasteiger partial charge in [-0.3, -0.25) is 0 Å². The summed E-state index contributed by atoms with van der Waals surface area (Å²) < 4.78 is 0. The van der Waals surface area contributed by atoms with Crippen molar-refractivity contribution < 1.29 is 0 Å². The van der Waals surface area contributed by atoms with E-state index in [4.69, 9.17) is 0 Å². The second-order valence-corrected chi connectivity index (χ2v) is 7.37. The Labute approximate surface area is 106 Å². The number of piperidine rings is 1. The molecule has 2 N–H and O–H groups in total. The average molecular weight is 236 g/mol. The maximum absolute atomic E-state index is 3.77. The summed E-state index contributed by atoms with van der Waals surface area (Å²) in [5.41, 5.74) is 1.22. The summed E-state index contributed by atoms with van der Waals surface area (Å²) in [6, 6.07) is 0.672. The van der Waals surface area contributed by atoms with Crippen molar-refractivity contribution in [1.29, 1.82) is 0 Å². The second-order valence-electron chi connectivity index (χ2n) is 7.37. The molecule has 0 aromatic rings. The first-order valence-corrected chi connectivity index (χ1v) is 7.57. The van der Waals surface area contributed by atoms with Crippen LogP contribution in [-0.2, 0) is 0 Å². The average Bonchev–Trinajstić information content (AvgIpc) is 3.14. The zero-order chi connectivity index (χ0) is 11.9. The lowest BCUT2D eigenvalue weighted by Gasteiger charge is -2.40. The van der Waals surface area contributed by atoms with Crippen molar-refractivity contribution in [3.05, 3.63) is 0 Å². The molecule has 1 unspecified atom stereocenters. The molecule has 1 atom stereocenters. The Balaban J connectivity index is 1.44. The van der Waals surface area contributed by atoms with Gasteiger partial charge in [-0.1, -0.05) is 13.8 Å². The number of rotatable bonds is 5. The highest BCUT2D eigenvalue weighted by molar-refractivity contribution is 5.05. The van der Waals surface area contributed by atoms with Gasteiger partial charge in [-0.25, -0.2) is 0 Å². The van der Waals surface area contributed by atoms with Crippen LogP contribution in [0.2, 0.25) is 0 Å². The Morgan fingerprint density at radius 3 is 2.53 bits per heavy atom. The third kappa shape index (κ3) is 2.53. The van der Waals surface area contributed by atoms with E-state index >= 15 is 0 Å². The summed E-state index contributed by atoms with van der Waals surface area (Å²) in [5.74, 6) is 1.09. The Morgan fingerprint density at radius 1 is 1.18 bits per heavy atom. The van der Waals surface area contributed by atoms with Gasteiger partial charge in [0.15, 0.2) is 0 Å². The molecule has 98 valence electrons. The van der Waals surface area contributed by atoms with Crippen LogP contribution in [0.4, 0.5) is 0 Å². The molecule has 3 fully saturated rings. The zero-order valence-electron chi connectivity index (χ0n) is 11.5. The number of nitrogens with one attached hydrogen (secondary N) is 2. The van der Waals surface area contributed by atoms with Gasteiger partial charge in [0.1, 0.15) is 0 Å². The Hall–Kier alpha value is -0.0800. The third-order valence-electron chi connectivity index (χ3n) is 5.49. The Morgan fingerprint density at radius 2 is 1.94 bits per heavy atom. The molecule has 0 aromatic heterocycles. The van der Waals surface area contributed by atoms with Gasteiger partial charge in [0.25, 0.3) is 0 Å². The lowest BCUT2D eigenvalue weighted by atomic mass is 9.77. The topological polar surface area (TPSA) is 24.1 Å². The van der Waals surface area contributed by atoms with Gasteiger partial charge < -0.3 is 10.6 Å². The molecule has 1 saturated heterocycles. The Bertz CT molecular complexity index is 277. The Kier molecular flexibility index (Phi) is 2.99. The zero-order valence-corrected chi connectivity index (χ0v) is 11.5. The molecule has 2 heteroatoms. The SMILES string of the molecule is CC1(C)CCCNC1CNCC1(C2CC2)CC1. The van der Waals surface area contributed by atoms with E-state index in [9.17, 15) is 0 Å². The first kappa shape index (κ1) is 12.0. The molecule has 3 aliphatic rings. The van der Waals surface area contributed by atoms with Crippen molar-refractivity contribution in [2.75, 3.05) is 19.6 Å². The predicted molar refractivity (Wildman–Crippen MR) is 72.1 cm³/mol. The fourth-order valence-electron chi connectivity index (χ4n) is 3.67. The molecule has 0 aromatic carbocycles. The normalized spacial score (nSPS) is 34.6. The molecule has 3 rings (SSSR count). The highest BCUT2D eigenvalue weighted by atomic mass is 15.0. The van der Waals surface area contributed by atoms with Gasteiger partial charge in [0.05, 0.1) is 0 Å². The fraction of sp³-hybridized carbons (Fsp3) is 1.00. The van der Waals surface area contributed by atoms with Crippen molar-refractivity contribution in [2.45, 2.75) is 58.4 Å². The van der Waals surface area contributed by atoms with E-state index in [1.54, 1.807) is 0 Å². The van der Waals surface area contributed by atoms with Gasteiger partial charge in [0.2, 0.25) is 0 Å². The minimum atomic E-state index is 0.474. The van der Waals surface area contributed by atoms with Crippen molar-refractivity contribution in [1.82, 2.24) is 10.6 Å². The van der Waals surface area contributed by atoms with E-state index in [1.807, 2.05) is 0 Å². The molecule has 0 bridgehead atoms. The van der Waals surface area contributed by atoms with Crippen LogP contribution in [0.3, 0.4) is 0 Å². The van der Waals surface area contributed by atoms with Crippen LogP contribution >= 0.6 is 0 Å². The van der Waals surface area contributed by atoms with Gasteiger partial charge in [-0.05, 0) is 61.8 Å². The van der Waals surface area contributed by atoms with E-state index in [2.05, 4.69) is 24.5 Å². The molecule has 0 amide bonds. The van der Waals surface area contributed by atoms with Crippen LogP contribution in [0.15, 0.2) is 0 Å². The predicted octanol–water partition coefficient (Wildman–Crippen LogP) is 2.54. The molecule has 0 spiro atoms. The summed E-state index contributed by atoms with van der Waals surface area (Å²) in [4.78, 5) is 0. The van der Waals surface area contributed by atoms with E-state index in [1.165, 1.54) is 58.2 Å². The van der Waals surface area contributed by atoms with E-state index < -0.39 is 0 Å². The van der Waals surface area contributed by atoms with Gasteiger partial charge >= 0.3 is 0 Å². The second kappa shape index (κ2) is 4.24. The quantitative estimate of drug-likeness (QED) is 0.766. The number of hydrogen-bond acceptors (Lipinski definition) is 2. The molecular formula is C15H28N2. The molecule has 1 aliphatic heterocycles. The highest BCUT2D eigenvalue weighted by Gasteiger charge is 2.53. The maximum atomic E-state index is 3.77. The molecule has 2 nitrogen and oxygen atoms in total. The third-order valence-corrected chi connectivity index (χ3v) is 5.49. The first-order valence-electron chi connectivity index (χ1n) is 7.57. The van der Waals surface area contributed by atoms with Crippen LogP contribution < -0.4 is 10.6 Å². The summed E-state index contributed by atoms with van der Waals surface area (Å²) in [6.45, 7) is 8.50. The summed E-state index contributed by atoms with van der Waals surface area (Å²) >= 11 is 0. The fourth-order valence-corrected chi connectivity index (χ4v) is 3.67. The molecule has 17 heavy (non-hydrogen) atoms. The summed E-state index contributed by atoms with van der Waals surface area (Å²) in [6.07, 6.45) is 8.72. The summed E-state index contributed by atoms with van der Waals surface area (Å²) in [5, 5.41) is 7.47. The highest BCUT2D eigenvalue weighted by Crippen LogP contribution is 2.60. The smallest absolute Gasteiger partial charge is 0.0243 e. The minimum Gasteiger partial charge on any atom is -0.315 e. The van der Waals surface area contributed by atoms with Crippen molar-refractivity contribution >= 4 is 0 Å². The molecule has 1 heterocycles. The number of hydrogen-bond donors (Lipinski definition) is 2. The van der Waals surface area contributed by atoms with Crippen molar-refractivity contribution in [3.8, 4) is 0 Å². The molecular weight excluding hydrogens is 208 g/mol. The largest absolute Gasteiger partial charge is 0.315 e. The van der Waals surface area contributed by atoms with Crippen molar-refractivity contribution in [3.63, 3.8) is 0 Å². The molecule has 0 radical (unpaired) electrons. The van der Waals surface area contributed by atoms with Crippen LogP contribution in [0.25, 0.3) is 0 Å². The van der Waals surface area contributed by atoms with Gasteiger partial charge in [-0.2, -0.15) is 0 Å². The van der Waals surface area contributed by atoms with E-state index in [0.29, 0.717) is 11.5 Å². The van der Waals surface area contributed by atoms with Gasteiger partial charge in [-0.15, -0.1) is 0 Å². The van der Waals surface area contributed by atoms with Crippen LogP contribution in [0, 0.1) is 16.7 Å². The van der Waals surface area contributed by atoms with E-state index in [-0.39, 0.29) is 0 Å². The van der Waals surface area contributed by atoms with Crippen LogP contribution in [-0.4, -0.2) is 25.7 Å². The first-order chi connectivity index (χ1) is 8.12.